The maximum Gasteiger partial charge on any atom is 0.317 e. The normalized spacial score (nSPS) is 20.2. The van der Waals surface area contributed by atoms with Crippen molar-refractivity contribution in [3.8, 4) is 0 Å². The molecule has 29 heavy (non-hydrogen) atoms. The largest absolute Gasteiger partial charge is 0.379 e. The topological polar surface area (TPSA) is 62.6 Å². The molecule has 7 heteroatoms. The van der Waals surface area contributed by atoms with Crippen molar-refractivity contribution >= 4 is 6.03 Å². The highest BCUT2D eigenvalue weighted by Gasteiger charge is 2.31. The molecule has 4 rings (SSSR count). The summed E-state index contributed by atoms with van der Waals surface area (Å²) in [4.78, 5) is 17.1. The minimum absolute atomic E-state index is 0.0235. The highest BCUT2D eigenvalue weighted by atomic mass is 16.5. The van der Waals surface area contributed by atoms with Gasteiger partial charge in [-0.2, -0.15) is 5.10 Å². The Bertz CT molecular complexity index is 829. The molecule has 0 saturated carbocycles. The zero-order valence-electron chi connectivity index (χ0n) is 17.4. The lowest BCUT2D eigenvalue weighted by Gasteiger charge is -2.32. The van der Waals surface area contributed by atoms with Crippen LogP contribution in [0.2, 0.25) is 0 Å². The fraction of sp³-hybridized carbons (Fsp3) is 0.545. The second-order valence-electron chi connectivity index (χ2n) is 7.99. The van der Waals surface area contributed by atoms with Gasteiger partial charge in [-0.15, -0.1) is 0 Å². The first-order valence-corrected chi connectivity index (χ1v) is 10.5. The number of rotatable bonds is 5. The van der Waals surface area contributed by atoms with Gasteiger partial charge in [0.05, 0.1) is 25.5 Å². The van der Waals surface area contributed by atoms with Crippen molar-refractivity contribution < 1.29 is 9.53 Å². The van der Waals surface area contributed by atoms with E-state index in [2.05, 4.69) is 34.4 Å². The van der Waals surface area contributed by atoms with E-state index in [0.717, 1.165) is 69.3 Å². The van der Waals surface area contributed by atoms with Crippen LogP contribution in [0.25, 0.3) is 0 Å². The number of hydrogen-bond donors (Lipinski definition) is 1. The van der Waals surface area contributed by atoms with Gasteiger partial charge in [0.1, 0.15) is 0 Å². The summed E-state index contributed by atoms with van der Waals surface area (Å²) < 4.78 is 7.46. The van der Waals surface area contributed by atoms with Gasteiger partial charge in [0, 0.05) is 50.0 Å². The molecule has 0 bridgehead atoms. The lowest BCUT2D eigenvalue weighted by Crippen LogP contribution is -2.46. The summed E-state index contributed by atoms with van der Waals surface area (Å²) in [6.07, 6.45) is 1.04. The number of hydrogen-bond acceptors (Lipinski definition) is 4. The summed E-state index contributed by atoms with van der Waals surface area (Å²) in [6.45, 7) is 10.5. The minimum Gasteiger partial charge on any atom is -0.379 e. The predicted octanol–water partition coefficient (Wildman–Crippen LogP) is 2.16. The molecule has 3 heterocycles. The maximum atomic E-state index is 12.7. The van der Waals surface area contributed by atoms with Crippen LogP contribution in [0.5, 0.6) is 0 Å². The second kappa shape index (κ2) is 8.97. The number of likely N-dealkylation sites (tertiary alicyclic amines) is 1. The Balaban J connectivity index is 1.32. The zero-order valence-corrected chi connectivity index (χ0v) is 17.4. The molecule has 2 aliphatic rings. The van der Waals surface area contributed by atoms with Crippen LogP contribution in [0.15, 0.2) is 30.3 Å². The second-order valence-corrected chi connectivity index (χ2v) is 7.99. The van der Waals surface area contributed by atoms with Crippen molar-refractivity contribution in [2.75, 3.05) is 39.4 Å². The quantitative estimate of drug-likeness (QED) is 0.840. The summed E-state index contributed by atoms with van der Waals surface area (Å²) >= 11 is 0. The summed E-state index contributed by atoms with van der Waals surface area (Å²) in [5.41, 5.74) is 4.42. The molecule has 1 aromatic carbocycles. The van der Waals surface area contributed by atoms with E-state index in [9.17, 15) is 4.79 Å². The molecule has 0 aliphatic carbocycles. The van der Waals surface area contributed by atoms with Gasteiger partial charge in [-0.3, -0.25) is 9.58 Å². The summed E-state index contributed by atoms with van der Waals surface area (Å²) in [5, 5.41) is 7.80. The van der Waals surface area contributed by atoms with E-state index in [0.29, 0.717) is 12.6 Å². The zero-order chi connectivity index (χ0) is 20.2. The van der Waals surface area contributed by atoms with Gasteiger partial charge >= 0.3 is 6.03 Å². The Morgan fingerprint density at radius 2 is 1.93 bits per heavy atom. The van der Waals surface area contributed by atoms with Crippen molar-refractivity contribution in [3.63, 3.8) is 0 Å². The first-order chi connectivity index (χ1) is 14.1. The van der Waals surface area contributed by atoms with Crippen LogP contribution in [0.4, 0.5) is 4.79 Å². The first-order valence-electron chi connectivity index (χ1n) is 10.5. The highest BCUT2D eigenvalue weighted by molar-refractivity contribution is 5.74. The van der Waals surface area contributed by atoms with Crippen LogP contribution in [0.1, 0.15) is 28.9 Å². The van der Waals surface area contributed by atoms with Crippen molar-refractivity contribution in [1.29, 1.82) is 0 Å². The maximum absolute atomic E-state index is 12.7. The van der Waals surface area contributed by atoms with Crippen LogP contribution >= 0.6 is 0 Å². The summed E-state index contributed by atoms with van der Waals surface area (Å²) in [7, 11) is 0. The molecule has 1 aromatic heterocycles. The molecule has 1 unspecified atom stereocenters. The van der Waals surface area contributed by atoms with Crippen molar-refractivity contribution in [2.24, 2.45) is 0 Å². The third kappa shape index (κ3) is 4.62. The molecule has 1 N–H and O–H groups in total. The third-order valence-corrected chi connectivity index (χ3v) is 6.14. The monoisotopic (exact) mass is 397 g/mol. The average molecular weight is 398 g/mol. The number of morpholine rings is 1. The molecule has 1 atom stereocenters. The number of carbonyl (C=O) groups is 1. The molecular formula is C22H31N5O2. The van der Waals surface area contributed by atoms with Gasteiger partial charge in [0.2, 0.25) is 0 Å². The van der Waals surface area contributed by atoms with Crippen molar-refractivity contribution in [1.82, 2.24) is 24.9 Å². The number of aryl methyl sites for hydroxylation is 1. The van der Waals surface area contributed by atoms with Gasteiger partial charge < -0.3 is 15.0 Å². The number of aromatic nitrogens is 2. The van der Waals surface area contributed by atoms with E-state index < -0.39 is 0 Å². The Labute approximate surface area is 172 Å². The van der Waals surface area contributed by atoms with E-state index in [-0.39, 0.29) is 6.03 Å². The molecule has 2 saturated heterocycles. The number of ether oxygens (including phenoxy) is 1. The van der Waals surface area contributed by atoms with Gasteiger partial charge in [0.25, 0.3) is 0 Å². The molecule has 2 amide bonds. The number of nitrogens with zero attached hydrogens (tertiary/aromatic N) is 4. The van der Waals surface area contributed by atoms with Crippen LogP contribution < -0.4 is 5.32 Å². The van der Waals surface area contributed by atoms with Gasteiger partial charge in [-0.25, -0.2) is 4.79 Å². The minimum atomic E-state index is 0.0235. The number of amides is 2. The van der Waals surface area contributed by atoms with Crippen LogP contribution in [0.3, 0.4) is 0 Å². The number of carbonyl (C=O) groups excluding carboxylic acids is 1. The highest BCUT2D eigenvalue weighted by Crippen LogP contribution is 2.18. The van der Waals surface area contributed by atoms with Crippen LogP contribution in [-0.2, 0) is 17.8 Å². The van der Waals surface area contributed by atoms with Crippen LogP contribution in [-0.4, -0.2) is 71.0 Å². The average Bonchev–Trinajstić information content (AvgIpc) is 3.34. The molecule has 156 valence electrons. The summed E-state index contributed by atoms with van der Waals surface area (Å²) in [5.74, 6) is 0. The number of benzene rings is 1. The summed E-state index contributed by atoms with van der Waals surface area (Å²) in [6, 6.07) is 10.8. The molecule has 0 spiro atoms. The Morgan fingerprint density at radius 3 is 2.69 bits per heavy atom. The van der Waals surface area contributed by atoms with E-state index in [1.165, 1.54) is 5.56 Å². The molecule has 7 nitrogen and oxygen atoms in total. The Hall–Kier alpha value is -2.38. The number of nitrogens with one attached hydrogen (secondary N) is 1. The fourth-order valence-corrected chi connectivity index (χ4v) is 4.34. The van der Waals surface area contributed by atoms with E-state index in [4.69, 9.17) is 4.74 Å². The predicted molar refractivity (Wildman–Crippen MR) is 112 cm³/mol. The molecule has 2 aliphatic heterocycles. The smallest absolute Gasteiger partial charge is 0.317 e. The van der Waals surface area contributed by atoms with Crippen molar-refractivity contribution in [2.45, 2.75) is 39.4 Å². The standard InChI is InChI=1S/C22H31N5O2/c1-17-21(18(2)27(24-17)15-19-6-4-3-5-7-19)14-23-22(28)26-9-8-20(16-26)25-10-12-29-13-11-25/h3-7,20H,8-16H2,1-2H3,(H,23,28). The Kier molecular flexibility index (Phi) is 6.16. The third-order valence-electron chi connectivity index (χ3n) is 6.14. The first kappa shape index (κ1) is 19.9. The number of urea groups is 1. The van der Waals surface area contributed by atoms with Gasteiger partial charge in [0.15, 0.2) is 0 Å². The molecular weight excluding hydrogens is 366 g/mol. The van der Waals surface area contributed by atoms with Gasteiger partial charge in [-0.05, 0) is 25.8 Å². The fourth-order valence-electron chi connectivity index (χ4n) is 4.34. The van der Waals surface area contributed by atoms with E-state index >= 15 is 0 Å². The molecule has 0 radical (unpaired) electrons. The van der Waals surface area contributed by atoms with E-state index in [1.54, 1.807) is 0 Å². The molecule has 2 aromatic rings. The van der Waals surface area contributed by atoms with Crippen molar-refractivity contribution in [3.05, 3.63) is 52.8 Å². The lowest BCUT2D eigenvalue weighted by molar-refractivity contribution is 0.0191. The SMILES string of the molecule is Cc1nn(Cc2ccccc2)c(C)c1CNC(=O)N1CCC(N2CCOCC2)C1. The van der Waals surface area contributed by atoms with Crippen LogP contribution in [0, 0.1) is 13.8 Å². The Morgan fingerprint density at radius 1 is 1.17 bits per heavy atom. The molecule has 2 fully saturated rings. The van der Waals surface area contributed by atoms with Gasteiger partial charge in [-0.1, -0.05) is 30.3 Å². The van der Waals surface area contributed by atoms with E-state index in [1.807, 2.05) is 34.7 Å². The lowest BCUT2D eigenvalue weighted by atomic mass is 10.2.